The van der Waals surface area contributed by atoms with Crippen LogP contribution in [0.25, 0.3) is 0 Å². The average molecular weight is 223 g/mol. The summed E-state index contributed by atoms with van der Waals surface area (Å²) in [6.07, 6.45) is 0. The molecule has 0 atom stereocenters. The second kappa shape index (κ2) is 3.98. The van der Waals surface area contributed by atoms with Crippen LogP contribution >= 0.6 is 11.6 Å². The molecule has 0 radical (unpaired) electrons. The summed E-state index contributed by atoms with van der Waals surface area (Å²) >= 11 is 5.80. The van der Waals surface area contributed by atoms with Gasteiger partial charge in [0.25, 0.3) is 0 Å². The van der Waals surface area contributed by atoms with Crippen LogP contribution in [0.5, 0.6) is 0 Å². The van der Waals surface area contributed by atoms with Gasteiger partial charge < -0.3 is 0 Å². The van der Waals surface area contributed by atoms with Crippen molar-refractivity contribution in [3.05, 3.63) is 40.7 Å². The Morgan fingerprint density at radius 2 is 2.07 bits per heavy atom. The minimum Gasteiger partial charge on any atom is -0.244 e. The van der Waals surface area contributed by atoms with Crippen LogP contribution in [-0.2, 0) is 6.54 Å². The van der Waals surface area contributed by atoms with Crippen LogP contribution in [-0.4, -0.2) is 19.7 Å². The van der Waals surface area contributed by atoms with E-state index < -0.39 is 0 Å². The van der Waals surface area contributed by atoms with Crippen LogP contribution in [0.15, 0.2) is 18.2 Å². The number of halogens is 1. The molecule has 0 amide bonds. The molecule has 0 saturated carbocycles. The smallest absolute Gasteiger partial charge is 0.147 e. The molecule has 15 heavy (non-hydrogen) atoms. The van der Waals surface area contributed by atoms with E-state index in [1.165, 1.54) is 0 Å². The van der Waals surface area contributed by atoms with Crippen molar-refractivity contribution in [2.75, 3.05) is 0 Å². The Labute approximate surface area is 92.9 Å². The normalized spacial score (nSPS) is 10.6. The first-order valence-corrected chi connectivity index (χ1v) is 5.02. The standard InChI is InChI=1S/C10H11ClN4/c1-7-12-8(2)15(14-7)6-9-4-3-5-10(11)13-9/h3-5H,6H2,1-2H3. The maximum atomic E-state index is 5.80. The van der Waals surface area contributed by atoms with E-state index in [2.05, 4.69) is 15.1 Å². The lowest BCUT2D eigenvalue weighted by Gasteiger charge is -2.02. The van der Waals surface area contributed by atoms with Gasteiger partial charge in [0.05, 0.1) is 12.2 Å². The van der Waals surface area contributed by atoms with Crippen molar-refractivity contribution in [3.8, 4) is 0 Å². The number of aromatic nitrogens is 4. The third kappa shape index (κ3) is 2.33. The highest BCUT2D eigenvalue weighted by atomic mass is 35.5. The largest absolute Gasteiger partial charge is 0.244 e. The number of pyridine rings is 1. The number of hydrogen-bond acceptors (Lipinski definition) is 3. The average Bonchev–Trinajstić information content (AvgIpc) is 2.45. The second-order valence-electron chi connectivity index (χ2n) is 3.32. The summed E-state index contributed by atoms with van der Waals surface area (Å²) in [4.78, 5) is 8.42. The Morgan fingerprint density at radius 3 is 2.67 bits per heavy atom. The summed E-state index contributed by atoms with van der Waals surface area (Å²) in [6.45, 7) is 4.40. The first kappa shape index (κ1) is 10.1. The molecule has 4 nitrogen and oxygen atoms in total. The SMILES string of the molecule is Cc1nc(C)n(Cc2cccc(Cl)n2)n1. The minimum absolute atomic E-state index is 0.502. The molecule has 2 aromatic rings. The van der Waals surface area contributed by atoms with Crippen molar-refractivity contribution >= 4 is 11.6 Å². The number of nitrogens with zero attached hydrogens (tertiary/aromatic N) is 4. The van der Waals surface area contributed by atoms with Gasteiger partial charge >= 0.3 is 0 Å². The molecular weight excluding hydrogens is 212 g/mol. The molecule has 0 aliphatic rings. The highest BCUT2D eigenvalue weighted by Gasteiger charge is 2.04. The van der Waals surface area contributed by atoms with Gasteiger partial charge in [-0.1, -0.05) is 17.7 Å². The van der Waals surface area contributed by atoms with Crippen LogP contribution in [0.4, 0.5) is 0 Å². The monoisotopic (exact) mass is 222 g/mol. The summed E-state index contributed by atoms with van der Waals surface area (Å²) in [5.41, 5.74) is 0.885. The molecule has 2 rings (SSSR count). The van der Waals surface area contributed by atoms with E-state index in [0.717, 1.165) is 17.3 Å². The van der Waals surface area contributed by atoms with E-state index in [1.54, 1.807) is 6.07 Å². The summed E-state index contributed by atoms with van der Waals surface area (Å²) in [5, 5.41) is 4.76. The molecular formula is C10H11ClN4. The molecule has 0 spiro atoms. The fourth-order valence-electron chi connectivity index (χ4n) is 1.40. The molecule has 0 saturated heterocycles. The molecule has 0 unspecified atom stereocenters. The van der Waals surface area contributed by atoms with Crippen molar-refractivity contribution in [1.29, 1.82) is 0 Å². The van der Waals surface area contributed by atoms with E-state index in [1.807, 2.05) is 30.7 Å². The van der Waals surface area contributed by atoms with Crippen LogP contribution in [0.2, 0.25) is 5.15 Å². The van der Waals surface area contributed by atoms with Crippen LogP contribution in [0, 0.1) is 13.8 Å². The maximum absolute atomic E-state index is 5.80. The third-order valence-electron chi connectivity index (χ3n) is 2.05. The summed E-state index contributed by atoms with van der Waals surface area (Å²) in [6, 6.07) is 5.55. The van der Waals surface area contributed by atoms with E-state index >= 15 is 0 Å². The molecule has 0 aliphatic carbocycles. The quantitative estimate of drug-likeness (QED) is 0.730. The molecule has 0 aromatic carbocycles. The zero-order valence-corrected chi connectivity index (χ0v) is 9.36. The highest BCUT2D eigenvalue weighted by Crippen LogP contribution is 2.07. The van der Waals surface area contributed by atoms with Gasteiger partial charge in [0.15, 0.2) is 0 Å². The van der Waals surface area contributed by atoms with Crippen molar-refractivity contribution in [2.45, 2.75) is 20.4 Å². The summed E-state index contributed by atoms with van der Waals surface area (Å²) < 4.78 is 1.81. The van der Waals surface area contributed by atoms with Crippen LogP contribution < -0.4 is 0 Å². The van der Waals surface area contributed by atoms with Gasteiger partial charge in [-0.15, -0.1) is 0 Å². The van der Waals surface area contributed by atoms with Crippen LogP contribution in [0.1, 0.15) is 17.3 Å². The van der Waals surface area contributed by atoms with Gasteiger partial charge in [-0.25, -0.2) is 14.6 Å². The number of aryl methyl sites for hydroxylation is 2. The molecule has 0 N–H and O–H groups in total. The van der Waals surface area contributed by atoms with Crippen molar-refractivity contribution in [3.63, 3.8) is 0 Å². The zero-order valence-electron chi connectivity index (χ0n) is 8.61. The molecule has 2 aromatic heterocycles. The van der Waals surface area contributed by atoms with Gasteiger partial charge in [-0.3, -0.25) is 0 Å². The summed E-state index contributed by atoms with van der Waals surface area (Å²) in [5.74, 6) is 1.66. The number of rotatable bonds is 2. The van der Waals surface area contributed by atoms with Crippen molar-refractivity contribution < 1.29 is 0 Å². The Bertz CT molecular complexity index is 478. The lowest BCUT2D eigenvalue weighted by atomic mass is 10.3. The third-order valence-corrected chi connectivity index (χ3v) is 2.26. The van der Waals surface area contributed by atoms with E-state index in [9.17, 15) is 0 Å². The van der Waals surface area contributed by atoms with Gasteiger partial charge in [-0.2, -0.15) is 5.10 Å². The first-order chi connectivity index (χ1) is 7.15. The molecule has 0 bridgehead atoms. The minimum atomic E-state index is 0.502. The first-order valence-electron chi connectivity index (χ1n) is 4.64. The summed E-state index contributed by atoms with van der Waals surface area (Å²) in [7, 11) is 0. The topological polar surface area (TPSA) is 43.6 Å². The molecule has 0 aliphatic heterocycles. The lowest BCUT2D eigenvalue weighted by molar-refractivity contribution is 0.644. The predicted octanol–water partition coefficient (Wildman–Crippen LogP) is 1.99. The van der Waals surface area contributed by atoms with Crippen LogP contribution in [0.3, 0.4) is 0 Å². The van der Waals surface area contributed by atoms with Gasteiger partial charge in [0.2, 0.25) is 0 Å². The Morgan fingerprint density at radius 1 is 1.27 bits per heavy atom. The van der Waals surface area contributed by atoms with Gasteiger partial charge in [0, 0.05) is 0 Å². The van der Waals surface area contributed by atoms with E-state index in [-0.39, 0.29) is 0 Å². The fraction of sp³-hybridized carbons (Fsp3) is 0.300. The molecule has 2 heterocycles. The zero-order chi connectivity index (χ0) is 10.8. The molecule has 0 fully saturated rings. The maximum Gasteiger partial charge on any atom is 0.147 e. The lowest BCUT2D eigenvalue weighted by Crippen LogP contribution is -2.05. The predicted molar refractivity (Wildman–Crippen MR) is 57.8 cm³/mol. The van der Waals surface area contributed by atoms with Crippen molar-refractivity contribution in [1.82, 2.24) is 19.7 Å². The van der Waals surface area contributed by atoms with E-state index in [0.29, 0.717) is 11.7 Å². The molecule has 5 heteroatoms. The molecule has 78 valence electrons. The Kier molecular flexibility index (Phi) is 2.68. The van der Waals surface area contributed by atoms with Crippen molar-refractivity contribution in [2.24, 2.45) is 0 Å². The number of hydrogen-bond donors (Lipinski definition) is 0. The van der Waals surface area contributed by atoms with E-state index in [4.69, 9.17) is 11.6 Å². The van der Waals surface area contributed by atoms with Gasteiger partial charge in [-0.05, 0) is 26.0 Å². The fourth-order valence-corrected chi connectivity index (χ4v) is 1.58. The highest BCUT2D eigenvalue weighted by molar-refractivity contribution is 6.29. The van der Waals surface area contributed by atoms with Gasteiger partial charge in [0.1, 0.15) is 16.8 Å². The second-order valence-corrected chi connectivity index (χ2v) is 3.70. The Hall–Kier alpha value is -1.42. The Balaban J connectivity index is 2.25.